The van der Waals surface area contributed by atoms with E-state index in [-0.39, 0.29) is 16.8 Å². The SMILES string of the molecule is Cc1[nH]cc(NC(=O)c2cc(F)cc(Br)c2)c1C(=O)O. The van der Waals surface area contributed by atoms with E-state index >= 15 is 0 Å². The molecule has 5 nitrogen and oxygen atoms in total. The summed E-state index contributed by atoms with van der Waals surface area (Å²) in [5.41, 5.74) is 0.634. The lowest BCUT2D eigenvalue weighted by Gasteiger charge is -2.05. The molecule has 0 aliphatic carbocycles. The molecule has 1 heterocycles. The predicted octanol–water partition coefficient (Wildman–Crippen LogP) is 3.18. The summed E-state index contributed by atoms with van der Waals surface area (Å²) >= 11 is 3.09. The fourth-order valence-corrected chi connectivity index (χ4v) is 2.25. The minimum atomic E-state index is -1.15. The second-order valence-electron chi connectivity index (χ2n) is 4.12. The summed E-state index contributed by atoms with van der Waals surface area (Å²) in [6.45, 7) is 1.58. The first kappa shape index (κ1) is 14.3. The lowest BCUT2D eigenvalue weighted by atomic mass is 10.2. The number of hydrogen-bond acceptors (Lipinski definition) is 2. The lowest BCUT2D eigenvalue weighted by molar-refractivity contribution is 0.0697. The summed E-state index contributed by atoms with van der Waals surface area (Å²) in [5, 5.41) is 11.5. The number of rotatable bonds is 3. The number of hydrogen-bond donors (Lipinski definition) is 3. The van der Waals surface area contributed by atoms with Gasteiger partial charge < -0.3 is 15.4 Å². The van der Waals surface area contributed by atoms with Crippen molar-refractivity contribution in [2.75, 3.05) is 5.32 Å². The summed E-state index contributed by atoms with van der Waals surface area (Å²) in [7, 11) is 0. The molecule has 0 radical (unpaired) electrons. The monoisotopic (exact) mass is 340 g/mol. The number of amides is 1. The number of halogens is 2. The van der Waals surface area contributed by atoms with E-state index in [2.05, 4.69) is 26.2 Å². The van der Waals surface area contributed by atoms with Crippen molar-refractivity contribution in [1.82, 2.24) is 4.98 Å². The van der Waals surface area contributed by atoms with Crippen LogP contribution in [0.3, 0.4) is 0 Å². The summed E-state index contributed by atoms with van der Waals surface area (Å²) in [6.07, 6.45) is 1.38. The lowest BCUT2D eigenvalue weighted by Crippen LogP contribution is -2.14. The number of nitrogens with one attached hydrogen (secondary N) is 2. The quantitative estimate of drug-likeness (QED) is 0.802. The summed E-state index contributed by atoms with van der Waals surface area (Å²) < 4.78 is 13.7. The van der Waals surface area contributed by atoms with E-state index in [1.165, 1.54) is 18.3 Å². The fourth-order valence-electron chi connectivity index (χ4n) is 1.78. The first-order valence-corrected chi connectivity index (χ1v) is 6.36. The summed E-state index contributed by atoms with van der Waals surface area (Å²) in [6, 6.07) is 3.73. The highest BCUT2D eigenvalue weighted by Crippen LogP contribution is 2.21. The van der Waals surface area contributed by atoms with Gasteiger partial charge in [-0.2, -0.15) is 0 Å². The van der Waals surface area contributed by atoms with E-state index in [1.807, 2.05) is 0 Å². The van der Waals surface area contributed by atoms with Gasteiger partial charge in [-0.1, -0.05) is 15.9 Å². The maximum atomic E-state index is 13.2. The Kier molecular flexibility index (Phi) is 3.89. The average Bonchev–Trinajstić information content (AvgIpc) is 2.69. The number of anilines is 1. The van der Waals surface area contributed by atoms with Crippen molar-refractivity contribution >= 4 is 33.5 Å². The van der Waals surface area contributed by atoms with Crippen molar-refractivity contribution < 1.29 is 19.1 Å². The number of aromatic amines is 1. The number of H-pyrrole nitrogens is 1. The van der Waals surface area contributed by atoms with E-state index < -0.39 is 17.7 Å². The number of aromatic nitrogens is 1. The van der Waals surface area contributed by atoms with Crippen LogP contribution in [0.4, 0.5) is 10.1 Å². The molecule has 1 aromatic carbocycles. The van der Waals surface area contributed by atoms with E-state index in [0.29, 0.717) is 10.2 Å². The number of carboxylic acid groups (broad SMARTS) is 1. The summed E-state index contributed by atoms with van der Waals surface area (Å²) in [4.78, 5) is 25.8. The zero-order valence-corrected chi connectivity index (χ0v) is 11.9. The van der Waals surface area contributed by atoms with Crippen LogP contribution >= 0.6 is 15.9 Å². The number of aromatic carboxylic acids is 1. The second kappa shape index (κ2) is 5.46. The molecule has 0 aliphatic heterocycles. The van der Waals surface area contributed by atoms with Crippen molar-refractivity contribution in [2.24, 2.45) is 0 Å². The molecule has 0 unspecified atom stereocenters. The van der Waals surface area contributed by atoms with Gasteiger partial charge in [-0.3, -0.25) is 4.79 Å². The zero-order chi connectivity index (χ0) is 14.9. The van der Waals surface area contributed by atoms with Crippen LogP contribution in [0, 0.1) is 12.7 Å². The molecule has 0 fully saturated rings. The molecule has 7 heteroatoms. The van der Waals surface area contributed by atoms with Crippen molar-refractivity contribution in [2.45, 2.75) is 6.92 Å². The number of carbonyl (C=O) groups is 2. The van der Waals surface area contributed by atoms with Crippen LogP contribution in [0.25, 0.3) is 0 Å². The molecule has 0 saturated heterocycles. The largest absolute Gasteiger partial charge is 0.478 e. The van der Waals surface area contributed by atoms with Crippen molar-refractivity contribution in [3.05, 3.63) is 51.5 Å². The highest BCUT2D eigenvalue weighted by Gasteiger charge is 2.18. The molecular formula is C13H10BrFN2O3. The van der Waals surface area contributed by atoms with Crippen molar-refractivity contribution in [1.29, 1.82) is 0 Å². The molecule has 2 aromatic rings. The molecule has 0 saturated carbocycles. The van der Waals surface area contributed by atoms with E-state index in [4.69, 9.17) is 5.11 Å². The van der Waals surface area contributed by atoms with Gasteiger partial charge in [0.2, 0.25) is 0 Å². The highest BCUT2D eigenvalue weighted by molar-refractivity contribution is 9.10. The molecule has 1 amide bonds. The normalized spacial score (nSPS) is 10.3. The van der Waals surface area contributed by atoms with Crippen molar-refractivity contribution in [3.63, 3.8) is 0 Å². The molecule has 1 aromatic heterocycles. The molecule has 20 heavy (non-hydrogen) atoms. The van der Waals surface area contributed by atoms with Crippen LogP contribution in [-0.2, 0) is 0 Å². The van der Waals surface area contributed by atoms with E-state index in [9.17, 15) is 14.0 Å². The number of carboxylic acids is 1. The van der Waals surface area contributed by atoms with Gasteiger partial charge in [-0.15, -0.1) is 0 Å². The Morgan fingerprint density at radius 1 is 1.35 bits per heavy atom. The van der Waals surface area contributed by atoms with Gasteiger partial charge >= 0.3 is 5.97 Å². The van der Waals surface area contributed by atoms with Crippen LogP contribution in [0.1, 0.15) is 26.4 Å². The highest BCUT2D eigenvalue weighted by atomic mass is 79.9. The van der Waals surface area contributed by atoms with Crippen LogP contribution < -0.4 is 5.32 Å². The third-order valence-corrected chi connectivity index (χ3v) is 3.12. The zero-order valence-electron chi connectivity index (χ0n) is 10.3. The minimum Gasteiger partial charge on any atom is -0.478 e. The maximum Gasteiger partial charge on any atom is 0.339 e. The number of carbonyl (C=O) groups excluding carboxylic acids is 1. The third kappa shape index (κ3) is 2.88. The molecule has 104 valence electrons. The first-order chi connectivity index (χ1) is 9.38. The first-order valence-electron chi connectivity index (χ1n) is 5.57. The molecule has 0 spiro atoms. The number of aryl methyl sites for hydroxylation is 1. The van der Waals surface area contributed by atoms with E-state index in [1.54, 1.807) is 6.92 Å². The van der Waals surface area contributed by atoms with Crippen LogP contribution in [0.2, 0.25) is 0 Å². The smallest absolute Gasteiger partial charge is 0.339 e. The van der Waals surface area contributed by atoms with Gasteiger partial charge in [0, 0.05) is 21.9 Å². The maximum absolute atomic E-state index is 13.2. The Morgan fingerprint density at radius 3 is 2.65 bits per heavy atom. The van der Waals surface area contributed by atoms with Crippen LogP contribution in [-0.4, -0.2) is 22.0 Å². The Balaban J connectivity index is 2.30. The van der Waals surface area contributed by atoms with Crippen LogP contribution in [0.15, 0.2) is 28.9 Å². The van der Waals surface area contributed by atoms with Gasteiger partial charge in [-0.25, -0.2) is 9.18 Å². The Labute approximate surface area is 121 Å². The molecular weight excluding hydrogens is 331 g/mol. The molecule has 2 rings (SSSR count). The topological polar surface area (TPSA) is 82.2 Å². The van der Waals surface area contributed by atoms with E-state index in [0.717, 1.165) is 6.07 Å². The average molecular weight is 341 g/mol. The predicted molar refractivity (Wildman–Crippen MR) is 74.5 cm³/mol. The van der Waals surface area contributed by atoms with Gasteiger partial charge in [0.15, 0.2) is 0 Å². The van der Waals surface area contributed by atoms with Gasteiger partial charge in [0.05, 0.1) is 5.69 Å². The van der Waals surface area contributed by atoms with Crippen molar-refractivity contribution in [3.8, 4) is 0 Å². The number of benzene rings is 1. The fraction of sp³-hybridized carbons (Fsp3) is 0.0769. The van der Waals surface area contributed by atoms with Gasteiger partial charge in [0.25, 0.3) is 5.91 Å². The molecule has 3 N–H and O–H groups in total. The van der Waals surface area contributed by atoms with Crippen LogP contribution in [0.5, 0.6) is 0 Å². The Morgan fingerprint density at radius 2 is 2.05 bits per heavy atom. The van der Waals surface area contributed by atoms with Gasteiger partial charge in [0.1, 0.15) is 11.4 Å². The molecule has 0 atom stereocenters. The minimum absolute atomic E-state index is 0.0196. The Hall–Kier alpha value is -2.15. The summed E-state index contributed by atoms with van der Waals surface area (Å²) in [5.74, 6) is -2.31. The molecule has 0 aliphatic rings. The standard InChI is InChI=1S/C13H10BrFN2O3/c1-6-11(13(19)20)10(5-16-6)17-12(18)7-2-8(14)4-9(15)3-7/h2-5,16H,1H3,(H,17,18)(H,19,20). The molecule has 0 bridgehead atoms. The third-order valence-electron chi connectivity index (χ3n) is 2.66. The van der Waals surface area contributed by atoms with Gasteiger partial charge in [-0.05, 0) is 25.1 Å². The second-order valence-corrected chi connectivity index (χ2v) is 5.04. The Bertz CT molecular complexity index is 677.